The van der Waals surface area contributed by atoms with Crippen LogP contribution in [-0.2, 0) is 11.2 Å². The number of imide groups is 1. The Morgan fingerprint density at radius 3 is 2.75 bits per heavy atom. The molecular weight excluding hydrogens is 254 g/mol. The van der Waals surface area contributed by atoms with Crippen LogP contribution in [0, 0.1) is 0 Å². The molecule has 2 amide bonds. The van der Waals surface area contributed by atoms with Crippen molar-refractivity contribution in [2.45, 2.75) is 19.8 Å². The van der Waals surface area contributed by atoms with Gasteiger partial charge in [-0.15, -0.1) is 0 Å². The highest BCUT2D eigenvalue weighted by Gasteiger charge is 2.17. The van der Waals surface area contributed by atoms with Crippen LogP contribution in [0.5, 0.6) is 0 Å². The van der Waals surface area contributed by atoms with Crippen LogP contribution in [0.2, 0.25) is 0 Å². The van der Waals surface area contributed by atoms with Gasteiger partial charge < -0.3 is 5.73 Å². The number of nitrogens with zero attached hydrogens (tertiary/aromatic N) is 1. The number of aromatic nitrogens is 1. The number of nitrogens with one attached hydrogen (secondary N) is 1. The summed E-state index contributed by atoms with van der Waals surface area (Å²) >= 11 is 0. The zero-order valence-corrected chi connectivity index (χ0v) is 11.3. The van der Waals surface area contributed by atoms with E-state index in [0.717, 1.165) is 29.2 Å². The highest BCUT2D eigenvalue weighted by molar-refractivity contribution is 6.07. The van der Waals surface area contributed by atoms with E-state index in [-0.39, 0.29) is 6.54 Å². The number of rotatable bonds is 4. The third kappa shape index (κ3) is 2.83. The van der Waals surface area contributed by atoms with Crippen molar-refractivity contribution in [2.24, 2.45) is 5.73 Å². The van der Waals surface area contributed by atoms with Gasteiger partial charge in [0.1, 0.15) is 5.69 Å². The summed E-state index contributed by atoms with van der Waals surface area (Å²) in [4.78, 5) is 27.6. The fourth-order valence-electron chi connectivity index (χ4n) is 2.16. The van der Waals surface area contributed by atoms with Gasteiger partial charge in [0, 0.05) is 11.6 Å². The Balaban J connectivity index is 2.49. The zero-order valence-electron chi connectivity index (χ0n) is 11.3. The van der Waals surface area contributed by atoms with Crippen LogP contribution < -0.4 is 11.1 Å². The Morgan fingerprint density at radius 2 is 2.05 bits per heavy atom. The molecule has 104 valence electrons. The molecule has 20 heavy (non-hydrogen) atoms. The summed E-state index contributed by atoms with van der Waals surface area (Å²) in [6.45, 7) is 1.82. The molecule has 2 rings (SSSR count). The van der Waals surface area contributed by atoms with Crippen LogP contribution in [0.3, 0.4) is 0 Å². The van der Waals surface area contributed by atoms with E-state index in [1.54, 1.807) is 6.20 Å². The highest BCUT2D eigenvalue weighted by Crippen LogP contribution is 2.22. The van der Waals surface area contributed by atoms with Gasteiger partial charge in [0.25, 0.3) is 5.91 Å². The molecule has 3 N–H and O–H groups in total. The van der Waals surface area contributed by atoms with Crippen molar-refractivity contribution >= 4 is 22.6 Å². The molecule has 0 atom stereocenters. The van der Waals surface area contributed by atoms with E-state index in [0.29, 0.717) is 5.69 Å². The molecule has 0 unspecified atom stereocenters. The number of pyridine rings is 1. The second-order valence-electron chi connectivity index (χ2n) is 4.50. The molecule has 1 heterocycles. The summed E-state index contributed by atoms with van der Waals surface area (Å²) in [5, 5.41) is 4.22. The van der Waals surface area contributed by atoms with E-state index in [4.69, 9.17) is 5.73 Å². The first kappa shape index (κ1) is 14.1. The third-order valence-electron chi connectivity index (χ3n) is 3.06. The van der Waals surface area contributed by atoms with Gasteiger partial charge in [-0.25, -0.2) is 0 Å². The van der Waals surface area contributed by atoms with Crippen LogP contribution in [0.1, 0.15) is 29.4 Å². The second-order valence-corrected chi connectivity index (χ2v) is 4.50. The fourth-order valence-corrected chi connectivity index (χ4v) is 2.16. The molecule has 0 aliphatic carbocycles. The van der Waals surface area contributed by atoms with E-state index in [2.05, 4.69) is 10.3 Å². The SMILES string of the molecule is CCCc1c(C(=O)NC(=O)CN)ncc2ccccc12. The molecule has 0 spiro atoms. The second kappa shape index (κ2) is 6.25. The maximum Gasteiger partial charge on any atom is 0.276 e. The minimum Gasteiger partial charge on any atom is -0.322 e. The lowest BCUT2D eigenvalue weighted by Crippen LogP contribution is -2.36. The first-order valence-electron chi connectivity index (χ1n) is 6.58. The number of carbonyl (C=O) groups is 2. The number of nitrogens with two attached hydrogens (primary N) is 1. The molecule has 1 aromatic carbocycles. The Labute approximate surface area is 117 Å². The maximum atomic E-state index is 12.1. The number of amides is 2. The molecule has 5 heteroatoms. The van der Waals surface area contributed by atoms with Gasteiger partial charge in [-0.2, -0.15) is 0 Å². The van der Waals surface area contributed by atoms with Gasteiger partial charge in [-0.05, 0) is 17.4 Å². The molecule has 0 saturated carbocycles. The molecule has 0 radical (unpaired) electrons. The average Bonchev–Trinajstić information content (AvgIpc) is 2.47. The minimum absolute atomic E-state index is 0.220. The lowest BCUT2D eigenvalue weighted by atomic mass is 10.00. The van der Waals surface area contributed by atoms with Gasteiger partial charge in [0.05, 0.1) is 6.54 Å². The first-order valence-corrected chi connectivity index (χ1v) is 6.58. The van der Waals surface area contributed by atoms with Crippen molar-refractivity contribution in [3.8, 4) is 0 Å². The number of aryl methyl sites for hydroxylation is 1. The number of fused-ring (bicyclic) bond motifs is 1. The van der Waals surface area contributed by atoms with Crippen LogP contribution in [0.25, 0.3) is 10.8 Å². The van der Waals surface area contributed by atoms with Gasteiger partial charge in [0.2, 0.25) is 5.91 Å². The summed E-state index contributed by atoms with van der Waals surface area (Å²) in [7, 11) is 0. The summed E-state index contributed by atoms with van der Waals surface area (Å²) in [6, 6.07) is 7.77. The predicted molar refractivity (Wildman–Crippen MR) is 77.3 cm³/mol. The number of hydrogen-bond donors (Lipinski definition) is 2. The summed E-state index contributed by atoms with van der Waals surface area (Å²) in [5.41, 5.74) is 6.37. The molecule has 2 aromatic rings. The lowest BCUT2D eigenvalue weighted by Gasteiger charge is -2.11. The molecule has 0 saturated heterocycles. The van der Waals surface area contributed by atoms with Crippen LogP contribution >= 0.6 is 0 Å². The Hall–Kier alpha value is -2.27. The zero-order chi connectivity index (χ0) is 14.5. The normalized spacial score (nSPS) is 10.5. The predicted octanol–water partition coefficient (Wildman–Crippen LogP) is 1.40. The van der Waals surface area contributed by atoms with Gasteiger partial charge in [-0.3, -0.25) is 19.9 Å². The van der Waals surface area contributed by atoms with Crippen LogP contribution in [0.4, 0.5) is 0 Å². The standard InChI is InChI=1S/C15H17N3O2/c1-2-5-12-11-7-4-3-6-10(11)9-17-14(12)15(20)18-13(19)8-16/h3-4,6-7,9H,2,5,8,16H2,1H3,(H,18,19,20). The summed E-state index contributed by atoms with van der Waals surface area (Å²) in [5.74, 6) is -0.998. The largest absolute Gasteiger partial charge is 0.322 e. The van der Waals surface area contributed by atoms with Crippen molar-refractivity contribution in [1.82, 2.24) is 10.3 Å². The van der Waals surface area contributed by atoms with Crippen LogP contribution in [-0.4, -0.2) is 23.3 Å². The van der Waals surface area contributed by atoms with E-state index < -0.39 is 11.8 Å². The summed E-state index contributed by atoms with van der Waals surface area (Å²) in [6.07, 6.45) is 3.27. The Morgan fingerprint density at radius 1 is 1.30 bits per heavy atom. The summed E-state index contributed by atoms with van der Waals surface area (Å²) < 4.78 is 0. The van der Waals surface area contributed by atoms with Crippen molar-refractivity contribution < 1.29 is 9.59 Å². The lowest BCUT2D eigenvalue weighted by molar-refractivity contribution is -0.118. The van der Waals surface area contributed by atoms with Crippen molar-refractivity contribution in [3.63, 3.8) is 0 Å². The van der Waals surface area contributed by atoms with E-state index >= 15 is 0 Å². The smallest absolute Gasteiger partial charge is 0.276 e. The average molecular weight is 271 g/mol. The van der Waals surface area contributed by atoms with Crippen molar-refractivity contribution in [3.05, 3.63) is 41.7 Å². The molecule has 1 aromatic heterocycles. The number of carbonyl (C=O) groups excluding carboxylic acids is 2. The maximum absolute atomic E-state index is 12.1. The topological polar surface area (TPSA) is 85.1 Å². The number of hydrogen-bond acceptors (Lipinski definition) is 4. The van der Waals surface area contributed by atoms with Crippen molar-refractivity contribution in [2.75, 3.05) is 6.54 Å². The Kier molecular flexibility index (Phi) is 4.42. The van der Waals surface area contributed by atoms with E-state index in [1.165, 1.54) is 0 Å². The molecule has 0 aliphatic rings. The van der Waals surface area contributed by atoms with Gasteiger partial charge in [0.15, 0.2) is 0 Å². The highest BCUT2D eigenvalue weighted by atomic mass is 16.2. The van der Waals surface area contributed by atoms with Crippen molar-refractivity contribution in [1.29, 1.82) is 0 Å². The molecule has 5 nitrogen and oxygen atoms in total. The minimum atomic E-state index is -0.507. The number of benzene rings is 1. The molecule has 0 aliphatic heterocycles. The van der Waals surface area contributed by atoms with E-state index in [1.807, 2.05) is 31.2 Å². The quantitative estimate of drug-likeness (QED) is 0.880. The van der Waals surface area contributed by atoms with E-state index in [9.17, 15) is 9.59 Å². The first-order chi connectivity index (χ1) is 9.67. The Bertz CT molecular complexity index is 653. The van der Waals surface area contributed by atoms with Crippen LogP contribution in [0.15, 0.2) is 30.5 Å². The molecule has 0 fully saturated rings. The third-order valence-corrected chi connectivity index (χ3v) is 3.06. The monoisotopic (exact) mass is 271 g/mol. The fraction of sp³-hybridized carbons (Fsp3) is 0.267. The molecule has 0 bridgehead atoms. The van der Waals surface area contributed by atoms with Gasteiger partial charge >= 0.3 is 0 Å². The van der Waals surface area contributed by atoms with Gasteiger partial charge in [-0.1, -0.05) is 37.6 Å². The molecular formula is C15H17N3O2.